The molecule has 0 unspecified atom stereocenters. The number of hydrogen-bond donors (Lipinski definition) is 6. The van der Waals surface area contributed by atoms with Crippen molar-refractivity contribution in [1.29, 1.82) is 0 Å². The van der Waals surface area contributed by atoms with E-state index >= 15 is 0 Å². The summed E-state index contributed by atoms with van der Waals surface area (Å²) in [6, 6.07) is 0. The zero-order chi connectivity index (χ0) is 21.1. The van der Waals surface area contributed by atoms with Crippen LogP contribution in [0.25, 0.3) is 0 Å². The van der Waals surface area contributed by atoms with Crippen LogP contribution in [-0.2, 0) is 19.1 Å². The van der Waals surface area contributed by atoms with Gasteiger partial charge in [-0.2, -0.15) is 0 Å². The molecule has 0 saturated heterocycles. The molecule has 0 radical (unpaired) electrons. The normalized spacial score (nSPS) is 14.0. The van der Waals surface area contributed by atoms with E-state index in [1.807, 2.05) is 0 Å². The predicted octanol–water partition coefficient (Wildman–Crippen LogP) is -1.78. The minimum atomic E-state index is -0.967. The van der Waals surface area contributed by atoms with Crippen molar-refractivity contribution in [1.82, 2.24) is 21.3 Å². The molecule has 0 bridgehead atoms. The average Bonchev–Trinajstić information content (AvgIpc) is 2.65. The fourth-order valence-electron chi connectivity index (χ4n) is 2.18. The van der Waals surface area contributed by atoms with Crippen LogP contribution in [0.3, 0.4) is 0 Å². The van der Waals surface area contributed by atoms with Gasteiger partial charge in [-0.1, -0.05) is 0 Å². The number of alkyl carbamates (subject to hydrolysis) is 2. The zero-order valence-corrected chi connectivity index (χ0v) is 15.6. The lowest BCUT2D eigenvalue weighted by atomic mass is 9.98. The van der Waals surface area contributed by atoms with Gasteiger partial charge in [-0.05, 0) is 13.8 Å². The number of carbonyl (C=O) groups is 4. The molecule has 1 rings (SSSR count). The Morgan fingerprint density at radius 1 is 0.750 bits per heavy atom. The van der Waals surface area contributed by atoms with Gasteiger partial charge in [-0.15, -0.1) is 0 Å². The summed E-state index contributed by atoms with van der Waals surface area (Å²) in [5.74, 6) is -1.68. The summed E-state index contributed by atoms with van der Waals surface area (Å²) < 4.78 is 9.46. The lowest BCUT2D eigenvalue weighted by Gasteiger charge is -2.25. The third-order valence-electron chi connectivity index (χ3n) is 3.24. The second kappa shape index (κ2) is 11.6. The van der Waals surface area contributed by atoms with E-state index in [2.05, 4.69) is 21.3 Å². The largest absolute Gasteiger partial charge is 0.450 e. The topological polar surface area (TPSA) is 175 Å². The molecule has 12 heteroatoms. The Balaban J connectivity index is 3.35. The molecule has 0 fully saturated rings. The van der Waals surface area contributed by atoms with Crippen molar-refractivity contribution in [3.8, 4) is 0 Å². The summed E-state index contributed by atoms with van der Waals surface area (Å²) >= 11 is 0. The molecular formula is C16H24N4O8. The molecule has 0 spiro atoms. The first-order valence-corrected chi connectivity index (χ1v) is 8.56. The van der Waals surface area contributed by atoms with E-state index in [1.165, 1.54) is 0 Å². The molecule has 0 aromatic carbocycles. The maximum atomic E-state index is 12.9. The van der Waals surface area contributed by atoms with Gasteiger partial charge in [0.05, 0.1) is 26.4 Å². The van der Waals surface area contributed by atoms with E-state index in [4.69, 9.17) is 19.7 Å². The highest BCUT2D eigenvalue weighted by Gasteiger charge is 2.37. The van der Waals surface area contributed by atoms with Crippen LogP contribution in [0.2, 0.25) is 0 Å². The van der Waals surface area contributed by atoms with Gasteiger partial charge in [0.1, 0.15) is 22.8 Å². The number of ketones is 2. The molecule has 1 aliphatic rings. The summed E-state index contributed by atoms with van der Waals surface area (Å²) in [7, 11) is 0. The van der Waals surface area contributed by atoms with Crippen molar-refractivity contribution in [3.05, 3.63) is 22.8 Å². The minimum Gasteiger partial charge on any atom is -0.450 e. The summed E-state index contributed by atoms with van der Waals surface area (Å²) in [6.45, 7) is 2.24. The first-order chi connectivity index (χ1) is 13.4. The minimum absolute atomic E-state index is 0.0295. The average molecular weight is 400 g/mol. The van der Waals surface area contributed by atoms with Crippen LogP contribution < -0.4 is 21.3 Å². The standard InChI is InChI=1S/C16H24N4O8/c1-3-27-15(25)19-11-9(17-5-7-21)14(24)12(20-16(26)28-4-2)10(13(11)23)18-6-8-22/h17-18,21-22H,3-8H2,1-2H3,(H,19,25)(H,20,26). The Morgan fingerprint density at radius 3 is 1.39 bits per heavy atom. The Labute approximate surface area is 160 Å². The van der Waals surface area contributed by atoms with Gasteiger partial charge in [-0.3, -0.25) is 20.2 Å². The maximum absolute atomic E-state index is 12.9. The van der Waals surface area contributed by atoms with E-state index in [0.717, 1.165) is 0 Å². The van der Waals surface area contributed by atoms with Gasteiger partial charge in [0, 0.05) is 13.1 Å². The van der Waals surface area contributed by atoms with Crippen molar-refractivity contribution >= 4 is 23.8 Å². The third kappa shape index (κ3) is 5.96. The fourth-order valence-corrected chi connectivity index (χ4v) is 2.18. The molecule has 0 aliphatic heterocycles. The van der Waals surface area contributed by atoms with Crippen LogP contribution in [0, 0.1) is 0 Å². The van der Waals surface area contributed by atoms with Crippen LogP contribution >= 0.6 is 0 Å². The number of rotatable bonds is 10. The maximum Gasteiger partial charge on any atom is 0.411 e. The Hall–Kier alpha value is -3.12. The number of carbonyl (C=O) groups excluding carboxylic acids is 4. The highest BCUT2D eigenvalue weighted by Crippen LogP contribution is 2.20. The molecule has 28 heavy (non-hydrogen) atoms. The molecule has 0 heterocycles. The molecule has 0 aromatic rings. The molecule has 156 valence electrons. The van der Waals surface area contributed by atoms with E-state index in [1.54, 1.807) is 13.8 Å². The number of hydrogen-bond acceptors (Lipinski definition) is 10. The number of aliphatic hydroxyl groups is 2. The molecule has 12 nitrogen and oxygen atoms in total. The highest BCUT2D eigenvalue weighted by atomic mass is 16.6. The first kappa shape index (κ1) is 22.9. The van der Waals surface area contributed by atoms with Gasteiger partial charge >= 0.3 is 12.2 Å². The fraction of sp³-hybridized carbons (Fsp3) is 0.500. The van der Waals surface area contributed by atoms with Gasteiger partial charge in [0.25, 0.3) is 0 Å². The SMILES string of the molecule is CCOC(=O)NC1=C(NCCO)C(=O)C(NC(=O)OCC)=C(NCCO)C1=O. The number of nitrogens with one attached hydrogen (secondary N) is 4. The van der Waals surface area contributed by atoms with Crippen LogP contribution in [-0.4, -0.2) is 73.5 Å². The molecule has 0 aromatic heterocycles. The van der Waals surface area contributed by atoms with Gasteiger partial charge in [-0.25, -0.2) is 9.59 Å². The van der Waals surface area contributed by atoms with Crippen molar-refractivity contribution in [2.75, 3.05) is 39.5 Å². The Kier molecular flexibility index (Phi) is 9.47. The van der Waals surface area contributed by atoms with Crippen LogP contribution in [0.4, 0.5) is 9.59 Å². The molecule has 0 atom stereocenters. The summed E-state index contributed by atoms with van der Waals surface area (Å²) in [6.07, 6.45) is -1.93. The summed E-state index contributed by atoms with van der Waals surface area (Å²) in [4.78, 5) is 49.3. The molecule has 6 N–H and O–H groups in total. The number of ether oxygens (including phenoxy) is 2. The lowest BCUT2D eigenvalue weighted by Crippen LogP contribution is -2.46. The molecular weight excluding hydrogens is 376 g/mol. The van der Waals surface area contributed by atoms with E-state index in [9.17, 15) is 19.2 Å². The number of aliphatic hydroxyl groups excluding tert-OH is 2. The Bertz CT molecular complexity index is 628. The number of Topliss-reactive ketones (excluding diaryl/α,β-unsaturated/α-hetero) is 2. The zero-order valence-electron chi connectivity index (χ0n) is 15.6. The van der Waals surface area contributed by atoms with Gasteiger partial charge in [0.2, 0.25) is 11.6 Å². The molecule has 0 saturated carbocycles. The summed E-state index contributed by atoms with van der Waals surface area (Å²) in [5, 5.41) is 27.5. The van der Waals surface area contributed by atoms with Crippen molar-refractivity contribution in [2.24, 2.45) is 0 Å². The quantitative estimate of drug-likeness (QED) is 0.230. The predicted molar refractivity (Wildman–Crippen MR) is 94.6 cm³/mol. The van der Waals surface area contributed by atoms with Crippen molar-refractivity contribution < 1.29 is 38.9 Å². The molecule has 2 amide bonds. The second-order valence-corrected chi connectivity index (χ2v) is 5.15. The van der Waals surface area contributed by atoms with Crippen molar-refractivity contribution in [3.63, 3.8) is 0 Å². The van der Waals surface area contributed by atoms with Crippen molar-refractivity contribution in [2.45, 2.75) is 13.8 Å². The second-order valence-electron chi connectivity index (χ2n) is 5.15. The van der Waals surface area contributed by atoms with E-state index in [0.29, 0.717) is 0 Å². The molecule has 1 aliphatic carbocycles. The Morgan fingerprint density at radius 2 is 1.11 bits per heavy atom. The van der Waals surface area contributed by atoms with Crippen LogP contribution in [0.15, 0.2) is 22.8 Å². The van der Waals surface area contributed by atoms with E-state index < -0.39 is 35.1 Å². The smallest absolute Gasteiger partial charge is 0.411 e. The van der Waals surface area contributed by atoms with E-state index in [-0.39, 0.29) is 50.9 Å². The summed E-state index contributed by atoms with van der Waals surface area (Å²) in [5.41, 5.74) is -1.53. The van der Waals surface area contributed by atoms with Crippen LogP contribution in [0.1, 0.15) is 13.8 Å². The van der Waals surface area contributed by atoms with Gasteiger partial charge < -0.3 is 30.3 Å². The third-order valence-corrected chi connectivity index (χ3v) is 3.24. The van der Waals surface area contributed by atoms with Gasteiger partial charge in [0.15, 0.2) is 0 Å². The monoisotopic (exact) mass is 400 g/mol. The highest BCUT2D eigenvalue weighted by molar-refractivity contribution is 6.25. The number of amides is 2. The lowest BCUT2D eigenvalue weighted by molar-refractivity contribution is -0.117. The first-order valence-electron chi connectivity index (χ1n) is 8.56. The van der Waals surface area contributed by atoms with Crippen LogP contribution in [0.5, 0.6) is 0 Å².